The summed E-state index contributed by atoms with van der Waals surface area (Å²) in [5, 5.41) is 4.02. The van der Waals surface area contributed by atoms with Crippen LogP contribution in [-0.4, -0.2) is 41.3 Å². The highest BCUT2D eigenvalue weighted by atomic mass is 16.2. The topological polar surface area (TPSA) is 40.6 Å². The maximum Gasteiger partial charge on any atom is 0.238 e. The summed E-state index contributed by atoms with van der Waals surface area (Å²) in [6.45, 7) is 1.45. The lowest BCUT2D eigenvalue weighted by atomic mass is 9.79. The van der Waals surface area contributed by atoms with Gasteiger partial charge in [-0.2, -0.15) is 0 Å². The van der Waals surface area contributed by atoms with Gasteiger partial charge in [-0.05, 0) is 18.8 Å². The molecule has 3 fully saturated rings. The molecular formula is C13H20N2O2. The fraction of sp³-hybridized carbons (Fsp3) is 0.846. The highest BCUT2D eigenvalue weighted by Gasteiger charge is 2.48. The molecule has 1 saturated carbocycles. The zero-order valence-corrected chi connectivity index (χ0v) is 10.2. The predicted molar refractivity (Wildman–Crippen MR) is 63.0 cm³/mol. The summed E-state index contributed by atoms with van der Waals surface area (Å²) in [5.41, 5.74) is 0. The summed E-state index contributed by atoms with van der Waals surface area (Å²) >= 11 is 0. The number of hydrogen-bond donors (Lipinski definition) is 0. The van der Waals surface area contributed by atoms with E-state index in [1.54, 1.807) is 0 Å². The van der Waals surface area contributed by atoms with Gasteiger partial charge < -0.3 is 4.79 Å². The van der Waals surface area contributed by atoms with E-state index < -0.39 is 0 Å². The molecule has 3 aliphatic rings. The van der Waals surface area contributed by atoms with Crippen LogP contribution in [0.4, 0.5) is 0 Å². The third kappa shape index (κ3) is 1.79. The standard InChI is InChI=1S/C13H20N2O2/c16-9-11-8-15-12(17)6-7-14(15)13(11)10-4-2-1-3-5-10/h9-11,13H,1-8H2/t11-,13-/m1/s1. The Balaban J connectivity index is 1.80. The molecule has 4 nitrogen and oxygen atoms in total. The maximum atomic E-state index is 11.7. The van der Waals surface area contributed by atoms with E-state index in [1.807, 2.05) is 5.01 Å². The molecule has 0 aromatic carbocycles. The summed E-state index contributed by atoms with van der Waals surface area (Å²) in [4.78, 5) is 22.9. The lowest BCUT2D eigenvalue weighted by molar-refractivity contribution is -0.136. The van der Waals surface area contributed by atoms with Crippen molar-refractivity contribution in [3.8, 4) is 0 Å². The van der Waals surface area contributed by atoms with Crippen LogP contribution in [0, 0.1) is 11.8 Å². The molecule has 94 valence electrons. The number of nitrogens with zero attached hydrogens (tertiary/aromatic N) is 2. The number of hydrogen-bond acceptors (Lipinski definition) is 3. The van der Waals surface area contributed by atoms with Crippen molar-refractivity contribution < 1.29 is 9.59 Å². The molecular weight excluding hydrogens is 216 g/mol. The Morgan fingerprint density at radius 1 is 1.18 bits per heavy atom. The fourth-order valence-electron chi connectivity index (χ4n) is 3.84. The van der Waals surface area contributed by atoms with E-state index in [2.05, 4.69) is 5.01 Å². The van der Waals surface area contributed by atoms with Crippen LogP contribution in [-0.2, 0) is 9.59 Å². The quantitative estimate of drug-likeness (QED) is 0.677. The Morgan fingerprint density at radius 2 is 1.94 bits per heavy atom. The minimum absolute atomic E-state index is 0.0438. The summed E-state index contributed by atoms with van der Waals surface area (Å²) < 4.78 is 0. The van der Waals surface area contributed by atoms with Crippen molar-refractivity contribution in [1.82, 2.24) is 10.0 Å². The molecule has 3 rings (SSSR count). The van der Waals surface area contributed by atoms with Crippen LogP contribution in [0.3, 0.4) is 0 Å². The third-order valence-electron chi connectivity index (χ3n) is 4.63. The first-order chi connectivity index (χ1) is 8.31. The van der Waals surface area contributed by atoms with E-state index in [9.17, 15) is 9.59 Å². The van der Waals surface area contributed by atoms with Gasteiger partial charge in [-0.25, -0.2) is 5.01 Å². The number of fused-ring (bicyclic) bond motifs is 1. The van der Waals surface area contributed by atoms with Crippen LogP contribution in [0.1, 0.15) is 38.5 Å². The number of amides is 1. The molecule has 1 amide bonds. The minimum atomic E-state index is 0.0438. The molecule has 1 aliphatic carbocycles. The average Bonchev–Trinajstić information content (AvgIpc) is 2.90. The first-order valence-corrected chi connectivity index (χ1v) is 6.83. The molecule has 2 aliphatic heterocycles. The van der Waals surface area contributed by atoms with Gasteiger partial charge in [0.1, 0.15) is 6.29 Å². The second-order valence-electron chi connectivity index (χ2n) is 5.58. The lowest BCUT2D eigenvalue weighted by Crippen LogP contribution is -2.42. The molecule has 4 heteroatoms. The largest absolute Gasteiger partial charge is 0.303 e. The van der Waals surface area contributed by atoms with E-state index in [4.69, 9.17) is 0 Å². The van der Waals surface area contributed by atoms with Crippen molar-refractivity contribution >= 4 is 12.2 Å². The predicted octanol–water partition coefficient (Wildman–Crippen LogP) is 1.21. The van der Waals surface area contributed by atoms with Gasteiger partial charge in [0.2, 0.25) is 5.91 Å². The molecule has 17 heavy (non-hydrogen) atoms. The summed E-state index contributed by atoms with van der Waals surface area (Å²) in [5.74, 6) is 0.868. The first-order valence-electron chi connectivity index (χ1n) is 6.83. The van der Waals surface area contributed by atoms with Crippen molar-refractivity contribution in [2.24, 2.45) is 11.8 Å². The number of rotatable bonds is 2. The zero-order valence-electron chi connectivity index (χ0n) is 10.2. The normalized spacial score (nSPS) is 35.3. The highest BCUT2D eigenvalue weighted by molar-refractivity contribution is 5.79. The van der Waals surface area contributed by atoms with Gasteiger partial charge in [-0.15, -0.1) is 0 Å². The van der Waals surface area contributed by atoms with Crippen molar-refractivity contribution in [2.75, 3.05) is 13.1 Å². The number of aldehydes is 1. The van der Waals surface area contributed by atoms with Crippen LogP contribution in [0.25, 0.3) is 0 Å². The van der Waals surface area contributed by atoms with Crippen LogP contribution < -0.4 is 0 Å². The summed E-state index contributed by atoms with van der Waals surface area (Å²) in [7, 11) is 0. The Bertz CT molecular complexity index is 325. The fourth-order valence-corrected chi connectivity index (χ4v) is 3.84. The highest BCUT2D eigenvalue weighted by Crippen LogP contribution is 2.38. The molecule has 0 unspecified atom stereocenters. The smallest absolute Gasteiger partial charge is 0.238 e. The Hall–Kier alpha value is -0.900. The van der Waals surface area contributed by atoms with Crippen LogP contribution in [0.5, 0.6) is 0 Å². The second kappa shape index (κ2) is 4.41. The Morgan fingerprint density at radius 3 is 2.65 bits per heavy atom. The molecule has 0 N–H and O–H groups in total. The number of hydrazine groups is 1. The van der Waals surface area contributed by atoms with Crippen molar-refractivity contribution in [3.63, 3.8) is 0 Å². The molecule has 2 heterocycles. The second-order valence-corrected chi connectivity index (χ2v) is 5.58. The first kappa shape index (κ1) is 11.2. The molecule has 0 spiro atoms. The molecule has 0 bridgehead atoms. The van der Waals surface area contributed by atoms with E-state index in [0.717, 1.165) is 12.8 Å². The molecule has 2 atom stereocenters. The average molecular weight is 236 g/mol. The molecule has 0 radical (unpaired) electrons. The minimum Gasteiger partial charge on any atom is -0.303 e. The molecule has 0 aromatic rings. The van der Waals surface area contributed by atoms with Gasteiger partial charge in [0, 0.05) is 25.6 Å². The van der Waals surface area contributed by atoms with E-state index in [1.165, 1.54) is 32.1 Å². The van der Waals surface area contributed by atoms with Crippen molar-refractivity contribution in [1.29, 1.82) is 0 Å². The van der Waals surface area contributed by atoms with E-state index in [0.29, 0.717) is 24.9 Å². The van der Waals surface area contributed by atoms with Crippen LogP contribution >= 0.6 is 0 Å². The summed E-state index contributed by atoms with van der Waals surface area (Å²) in [6, 6.07) is 0.305. The van der Waals surface area contributed by atoms with Gasteiger partial charge in [-0.1, -0.05) is 19.3 Å². The van der Waals surface area contributed by atoms with Gasteiger partial charge >= 0.3 is 0 Å². The lowest BCUT2D eigenvalue weighted by Gasteiger charge is -2.34. The maximum absolute atomic E-state index is 11.7. The zero-order chi connectivity index (χ0) is 11.8. The van der Waals surface area contributed by atoms with Gasteiger partial charge in [0.25, 0.3) is 0 Å². The van der Waals surface area contributed by atoms with Crippen molar-refractivity contribution in [3.05, 3.63) is 0 Å². The number of carbonyl (C=O) groups is 2. The van der Waals surface area contributed by atoms with Gasteiger partial charge in [0.05, 0.1) is 5.92 Å². The SMILES string of the molecule is O=C[C@H]1CN2C(=O)CCN2[C@@H]1C1CCCCC1. The van der Waals surface area contributed by atoms with Crippen molar-refractivity contribution in [2.45, 2.75) is 44.6 Å². The van der Waals surface area contributed by atoms with E-state index in [-0.39, 0.29) is 11.8 Å². The van der Waals surface area contributed by atoms with Gasteiger partial charge in [-0.3, -0.25) is 9.80 Å². The molecule has 0 aromatic heterocycles. The van der Waals surface area contributed by atoms with E-state index >= 15 is 0 Å². The third-order valence-corrected chi connectivity index (χ3v) is 4.63. The van der Waals surface area contributed by atoms with Gasteiger partial charge in [0.15, 0.2) is 0 Å². The number of carbonyl (C=O) groups excluding carboxylic acids is 2. The molecule has 2 saturated heterocycles. The van der Waals surface area contributed by atoms with Crippen LogP contribution in [0.2, 0.25) is 0 Å². The summed E-state index contributed by atoms with van der Waals surface area (Å²) in [6.07, 6.45) is 8.07. The van der Waals surface area contributed by atoms with Crippen LogP contribution in [0.15, 0.2) is 0 Å². The monoisotopic (exact) mass is 236 g/mol. The Labute approximate surface area is 102 Å². The Kier molecular flexibility index (Phi) is 2.90.